The highest BCUT2D eigenvalue weighted by Gasteiger charge is 2.17. The molecule has 0 aliphatic heterocycles. The molecule has 0 bridgehead atoms. The first-order valence-electron chi connectivity index (χ1n) is 17.1. The maximum absolute atomic E-state index is 5.02. The molecule has 0 atom stereocenters. The van der Waals surface area contributed by atoms with Gasteiger partial charge in [-0.25, -0.2) is 0 Å². The summed E-state index contributed by atoms with van der Waals surface area (Å²) in [6, 6.07) is 65.0. The molecule has 0 amide bonds. The molecule has 0 spiro atoms. The van der Waals surface area contributed by atoms with Crippen molar-refractivity contribution in [3.63, 3.8) is 0 Å². The molecule has 0 radical (unpaired) electrons. The van der Waals surface area contributed by atoms with Crippen molar-refractivity contribution in [2.75, 3.05) is 5.43 Å². The van der Waals surface area contributed by atoms with Crippen molar-refractivity contribution in [1.82, 2.24) is 4.57 Å². The van der Waals surface area contributed by atoms with Gasteiger partial charge in [0.05, 0.1) is 22.4 Å². The first-order chi connectivity index (χ1) is 24.8. The Morgan fingerprint density at radius 1 is 0.440 bits per heavy atom. The SMILES string of the molecule is c1ccc(C(=NNc2ccc3ccc4c(-c5ccc6c(c5)c5ccccc5n6-c5ccccc5)ccc5ccc2c3c54)c2ccccc2)cc1. The lowest BCUT2D eigenvalue weighted by Gasteiger charge is -2.17. The van der Waals surface area contributed by atoms with Crippen LogP contribution in [-0.2, 0) is 0 Å². The van der Waals surface area contributed by atoms with E-state index >= 15 is 0 Å². The highest BCUT2D eigenvalue weighted by molar-refractivity contribution is 6.27. The zero-order chi connectivity index (χ0) is 33.0. The van der Waals surface area contributed by atoms with Crippen LogP contribution in [0.1, 0.15) is 11.1 Å². The van der Waals surface area contributed by atoms with E-state index in [9.17, 15) is 0 Å². The number of benzene rings is 9. The predicted octanol–water partition coefficient (Wildman–Crippen LogP) is 12.2. The third-order valence-electron chi connectivity index (χ3n) is 10.0. The summed E-state index contributed by atoms with van der Waals surface area (Å²) in [4.78, 5) is 0. The predicted molar refractivity (Wildman–Crippen MR) is 212 cm³/mol. The number of hydrogen-bond donors (Lipinski definition) is 1. The van der Waals surface area contributed by atoms with Gasteiger partial charge in [-0.1, -0.05) is 146 Å². The molecule has 9 aromatic carbocycles. The molecule has 1 aromatic heterocycles. The van der Waals surface area contributed by atoms with Crippen LogP contribution < -0.4 is 5.43 Å². The Morgan fingerprint density at radius 2 is 1.02 bits per heavy atom. The van der Waals surface area contributed by atoms with Gasteiger partial charge < -0.3 is 4.57 Å². The van der Waals surface area contributed by atoms with Gasteiger partial charge in [0, 0.05) is 33.0 Å². The average Bonchev–Trinajstić information content (AvgIpc) is 3.52. The van der Waals surface area contributed by atoms with Crippen molar-refractivity contribution >= 4 is 65.5 Å². The van der Waals surface area contributed by atoms with Crippen LogP contribution >= 0.6 is 0 Å². The number of hydrazone groups is 1. The number of hydrogen-bond acceptors (Lipinski definition) is 2. The van der Waals surface area contributed by atoms with Gasteiger partial charge in [0.1, 0.15) is 0 Å². The van der Waals surface area contributed by atoms with Crippen molar-refractivity contribution in [3.8, 4) is 16.8 Å². The van der Waals surface area contributed by atoms with Gasteiger partial charge >= 0.3 is 0 Å². The Balaban J connectivity index is 1.13. The molecular formula is C47H31N3. The Morgan fingerprint density at radius 3 is 1.76 bits per heavy atom. The van der Waals surface area contributed by atoms with E-state index in [1.165, 1.54) is 65.6 Å². The highest BCUT2D eigenvalue weighted by Crippen LogP contribution is 2.43. The van der Waals surface area contributed by atoms with Gasteiger partial charge in [-0.3, -0.25) is 5.43 Å². The summed E-state index contributed by atoms with van der Waals surface area (Å²) in [5.41, 5.74) is 13.5. The lowest BCUT2D eigenvalue weighted by atomic mass is 9.89. The van der Waals surface area contributed by atoms with Crippen LogP contribution in [-0.4, -0.2) is 10.3 Å². The number of nitrogens with one attached hydrogen (secondary N) is 1. The van der Waals surface area contributed by atoms with E-state index in [0.29, 0.717) is 0 Å². The van der Waals surface area contributed by atoms with Crippen molar-refractivity contribution in [1.29, 1.82) is 0 Å². The first-order valence-corrected chi connectivity index (χ1v) is 17.1. The lowest BCUT2D eigenvalue weighted by molar-refractivity contribution is 1.18. The fourth-order valence-electron chi connectivity index (χ4n) is 7.75. The minimum atomic E-state index is 0.906. The molecule has 0 unspecified atom stereocenters. The second-order valence-corrected chi connectivity index (χ2v) is 12.9. The summed E-state index contributed by atoms with van der Waals surface area (Å²) in [7, 11) is 0. The van der Waals surface area contributed by atoms with Crippen LogP contribution in [0.4, 0.5) is 5.69 Å². The molecule has 0 aliphatic carbocycles. The molecule has 10 rings (SSSR count). The number of para-hydroxylation sites is 2. The number of aromatic nitrogens is 1. The molecule has 234 valence electrons. The lowest BCUT2D eigenvalue weighted by Crippen LogP contribution is -2.06. The van der Waals surface area contributed by atoms with E-state index in [4.69, 9.17) is 5.10 Å². The summed E-state index contributed by atoms with van der Waals surface area (Å²) in [6.45, 7) is 0. The standard InChI is InChI=1S/C47H31N3/c1-4-12-33(13-5-1)47(34-14-6-2-7-15-34)49-48-42-28-23-32-21-26-39-37(25-20-31-22-27-40(42)46(32)45(31)39)35-24-29-44-41(30-35)38-18-10-11-19-43(38)50(44)36-16-8-3-9-17-36/h1-30,48H. The second kappa shape index (κ2) is 11.5. The molecule has 10 aromatic rings. The quantitative estimate of drug-likeness (QED) is 0.110. The zero-order valence-electron chi connectivity index (χ0n) is 27.2. The Bertz CT molecular complexity index is 2830. The Kier molecular flexibility index (Phi) is 6.49. The average molecular weight is 638 g/mol. The number of nitrogens with zero attached hydrogens (tertiary/aromatic N) is 2. The van der Waals surface area contributed by atoms with Crippen molar-refractivity contribution in [3.05, 3.63) is 193 Å². The van der Waals surface area contributed by atoms with Gasteiger partial charge in [-0.05, 0) is 74.5 Å². The van der Waals surface area contributed by atoms with Gasteiger partial charge in [0.25, 0.3) is 0 Å². The van der Waals surface area contributed by atoms with Crippen LogP contribution in [0.15, 0.2) is 187 Å². The maximum Gasteiger partial charge on any atom is 0.0977 e. The van der Waals surface area contributed by atoms with Crippen molar-refractivity contribution < 1.29 is 0 Å². The minimum Gasteiger partial charge on any atom is -0.309 e. The summed E-state index contributed by atoms with van der Waals surface area (Å²) >= 11 is 0. The first kappa shape index (κ1) is 28.3. The van der Waals surface area contributed by atoms with Gasteiger partial charge in [0.2, 0.25) is 0 Å². The van der Waals surface area contributed by atoms with Gasteiger partial charge in [0.15, 0.2) is 0 Å². The van der Waals surface area contributed by atoms with Crippen molar-refractivity contribution in [2.45, 2.75) is 0 Å². The van der Waals surface area contributed by atoms with Gasteiger partial charge in [-0.15, -0.1) is 0 Å². The second-order valence-electron chi connectivity index (χ2n) is 12.9. The molecule has 0 fully saturated rings. The maximum atomic E-state index is 5.02. The normalized spacial score (nSPS) is 11.6. The van der Waals surface area contributed by atoms with Crippen LogP contribution in [0.25, 0.3) is 70.9 Å². The van der Waals surface area contributed by atoms with E-state index in [0.717, 1.165) is 27.9 Å². The van der Waals surface area contributed by atoms with Crippen molar-refractivity contribution in [2.24, 2.45) is 5.10 Å². The molecule has 0 saturated carbocycles. The monoisotopic (exact) mass is 637 g/mol. The molecule has 50 heavy (non-hydrogen) atoms. The molecule has 0 aliphatic rings. The molecule has 1 N–H and O–H groups in total. The van der Waals surface area contributed by atoms with E-state index in [2.05, 4.69) is 180 Å². The Hall–Kier alpha value is -6.71. The van der Waals surface area contributed by atoms with Crippen LogP contribution in [0.5, 0.6) is 0 Å². The van der Waals surface area contributed by atoms with E-state index in [1.54, 1.807) is 0 Å². The smallest absolute Gasteiger partial charge is 0.0977 e. The zero-order valence-corrected chi connectivity index (χ0v) is 27.2. The molecular weight excluding hydrogens is 607 g/mol. The van der Waals surface area contributed by atoms with E-state index in [-0.39, 0.29) is 0 Å². The molecule has 3 heteroatoms. The molecule has 3 nitrogen and oxygen atoms in total. The number of fused-ring (bicyclic) bond motifs is 3. The van der Waals surface area contributed by atoms with Crippen LogP contribution in [0.3, 0.4) is 0 Å². The summed E-state index contributed by atoms with van der Waals surface area (Å²) < 4.78 is 2.37. The van der Waals surface area contributed by atoms with Gasteiger partial charge in [-0.2, -0.15) is 5.10 Å². The minimum absolute atomic E-state index is 0.906. The third kappa shape index (κ3) is 4.48. The summed E-state index contributed by atoms with van der Waals surface area (Å²) in [5.74, 6) is 0. The largest absolute Gasteiger partial charge is 0.309 e. The Labute approximate surface area is 289 Å². The van der Waals surface area contributed by atoms with E-state index < -0.39 is 0 Å². The topological polar surface area (TPSA) is 29.3 Å². The summed E-state index contributed by atoms with van der Waals surface area (Å²) in [5, 5.41) is 14.9. The van der Waals surface area contributed by atoms with E-state index in [1.807, 2.05) is 12.1 Å². The fourth-order valence-corrected chi connectivity index (χ4v) is 7.75. The fraction of sp³-hybridized carbons (Fsp3) is 0. The third-order valence-corrected chi connectivity index (χ3v) is 10.0. The molecule has 1 heterocycles. The number of anilines is 1. The highest BCUT2D eigenvalue weighted by atomic mass is 15.3. The molecule has 0 saturated heterocycles. The number of rotatable bonds is 6. The summed E-state index contributed by atoms with van der Waals surface area (Å²) in [6.07, 6.45) is 0. The van der Waals surface area contributed by atoms with Crippen LogP contribution in [0.2, 0.25) is 0 Å². The van der Waals surface area contributed by atoms with Crippen LogP contribution in [0, 0.1) is 0 Å².